The number of nitrogens with zero attached hydrogens (tertiary/aromatic N) is 3. The van der Waals surface area contributed by atoms with Crippen LogP contribution in [0.4, 0.5) is 0 Å². The molecule has 22 heavy (non-hydrogen) atoms. The van der Waals surface area contributed by atoms with Gasteiger partial charge in [-0.25, -0.2) is 0 Å². The van der Waals surface area contributed by atoms with Crippen LogP contribution in [-0.4, -0.2) is 54.1 Å². The lowest BCUT2D eigenvalue weighted by atomic mass is 10.1. The number of hydrogen-bond donors (Lipinski definition) is 0. The molecule has 1 aliphatic heterocycles. The number of aromatic nitrogens is 1. The van der Waals surface area contributed by atoms with Crippen molar-refractivity contribution in [3.63, 3.8) is 0 Å². The zero-order valence-electron chi connectivity index (χ0n) is 14.3. The molecule has 1 aliphatic rings. The molecule has 2 heterocycles. The third-order valence-corrected chi connectivity index (χ3v) is 4.09. The van der Waals surface area contributed by atoms with Gasteiger partial charge in [0.15, 0.2) is 0 Å². The summed E-state index contributed by atoms with van der Waals surface area (Å²) >= 11 is 0. The lowest BCUT2D eigenvalue weighted by Crippen LogP contribution is -2.35. The highest BCUT2D eigenvalue weighted by Crippen LogP contribution is 2.14. The van der Waals surface area contributed by atoms with Crippen LogP contribution in [0.15, 0.2) is 10.6 Å². The van der Waals surface area contributed by atoms with Crippen LogP contribution >= 0.6 is 0 Å². The van der Waals surface area contributed by atoms with E-state index in [-0.39, 0.29) is 5.91 Å². The van der Waals surface area contributed by atoms with Gasteiger partial charge in [-0.2, -0.15) is 0 Å². The zero-order chi connectivity index (χ0) is 16.1. The molecule has 0 aromatic carbocycles. The van der Waals surface area contributed by atoms with Crippen molar-refractivity contribution in [2.24, 2.45) is 11.8 Å². The van der Waals surface area contributed by atoms with Crippen molar-refractivity contribution in [2.45, 2.75) is 40.0 Å². The summed E-state index contributed by atoms with van der Waals surface area (Å²) in [6.45, 7) is 10.7. The Morgan fingerprint density at radius 1 is 1.36 bits per heavy atom. The Labute approximate surface area is 133 Å². The molecule has 0 aliphatic carbocycles. The maximum Gasteiger partial charge on any atom is 0.292 e. The summed E-state index contributed by atoms with van der Waals surface area (Å²) in [7, 11) is 1.84. The van der Waals surface area contributed by atoms with E-state index in [0.29, 0.717) is 17.6 Å². The third-order valence-electron chi connectivity index (χ3n) is 4.09. The molecular weight excluding hydrogens is 278 g/mol. The van der Waals surface area contributed by atoms with Gasteiger partial charge in [-0.15, -0.1) is 0 Å². The first-order valence-corrected chi connectivity index (χ1v) is 8.39. The number of amides is 1. The highest BCUT2D eigenvalue weighted by molar-refractivity contribution is 5.91. The van der Waals surface area contributed by atoms with Gasteiger partial charge in [0.25, 0.3) is 5.91 Å². The maximum absolute atomic E-state index is 12.4. The van der Waals surface area contributed by atoms with Crippen molar-refractivity contribution in [2.75, 3.05) is 33.2 Å². The monoisotopic (exact) mass is 307 g/mol. The lowest BCUT2D eigenvalue weighted by Gasteiger charge is -2.24. The molecule has 0 bridgehead atoms. The summed E-state index contributed by atoms with van der Waals surface area (Å²) in [5, 5.41) is 3.99. The van der Waals surface area contributed by atoms with Crippen molar-refractivity contribution in [1.82, 2.24) is 15.0 Å². The zero-order valence-corrected chi connectivity index (χ0v) is 14.3. The molecule has 1 saturated heterocycles. The van der Waals surface area contributed by atoms with E-state index in [2.05, 4.69) is 30.8 Å². The van der Waals surface area contributed by atoms with Gasteiger partial charge in [-0.3, -0.25) is 4.79 Å². The summed E-state index contributed by atoms with van der Waals surface area (Å²) in [6, 6.07) is 1.78. The Kier molecular flexibility index (Phi) is 6.00. The van der Waals surface area contributed by atoms with Crippen LogP contribution in [0.3, 0.4) is 0 Å². The van der Waals surface area contributed by atoms with E-state index < -0.39 is 0 Å². The molecule has 1 amide bonds. The van der Waals surface area contributed by atoms with Gasteiger partial charge in [-0.1, -0.05) is 25.9 Å². The van der Waals surface area contributed by atoms with Gasteiger partial charge in [0.2, 0.25) is 5.76 Å². The van der Waals surface area contributed by atoms with Crippen LogP contribution in [0.25, 0.3) is 0 Å². The van der Waals surface area contributed by atoms with Crippen LogP contribution in [0.2, 0.25) is 0 Å². The fraction of sp³-hybridized carbons (Fsp3) is 0.765. The first kappa shape index (κ1) is 17.0. The highest BCUT2D eigenvalue weighted by atomic mass is 16.5. The van der Waals surface area contributed by atoms with E-state index in [0.717, 1.165) is 25.2 Å². The third kappa shape index (κ3) is 4.83. The Balaban J connectivity index is 1.84. The first-order chi connectivity index (χ1) is 10.5. The molecule has 0 N–H and O–H groups in total. The van der Waals surface area contributed by atoms with E-state index in [1.165, 1.54) is 25.9 Å². The SMILES string of the molecule is CC(C)Cc1cc(C(=O)N(C)C[C@@H](C)CN2CCCC2)on1. The topological polar surface area (TPSA) is 49.6 Å². The van der Waals surface area contributed by atoms with Gasteiger partial charge in [0.05, 0.1) is 5.69 Å². The smallest absolute Gasteiger partial charge is 0.292 e. The maximum atomic E-state index is 12.4. The van der Waals surface area contributed by atoms with Crippen molar-refractivity contribution in [3.05, 3.63) is 17.5 Å². The standard InChI is InChI=1S/C17H29N3O2/c1-13(2)9-15-10-16(22-18-15)17(21)19(4)11-14(3)12-20-7-5-6-8-20/h10,13-14H,5-9,11-12H2,1-4H3/t14-/m1/s1. The molecule has 2 rings (SSSR count). The summed E-state index contributed by atoms with van der Waals surface area (Å²) in [6.07, 6.45) is 3.45. The summed E-state index contributed by atoms with van der Waals surface area (Å²) in [5.74, 6) is 1.25. The predicted octanol–water partition coefficient (Wildman–Crippen LogP) is 2.68. The Morgan fingerprint density at radius 3 is 2.68 bits per heavy atom. The summed E-state index contributed by atoms with van der Waals surface area (Å²) in [4.78, 5) is 16.6. The lowest BCUT2D eigenvalue weighted by molar-refractivity contribution is 0.0725. The average Bonchev–Trinajstić information content (AvgIpc) is 3.08. The van der Waals surface area contributed by atoms with Crippen molar-refractivity contribution in [3.8, 4) is 0 Å². The molecule has 124 valence electrons. The largest absolute Gasteiger partial charge is 0.351 e. The Morgan fingerprint density at radius 2 is 2.05 bits per heavy atom. The minimum absolute atomic E-state index is 0.0734. The van der Waals surface area contributed by atoms with Crippen LogP contribution in [0.1, 0.15) is 49.9 Å². The van der Waals surface area contributed by atoms with Gasteiger partial charge >= 0.3 is 0 Å². The van der Waals surface area contributed by atoms with E-state index >= 15 is 0 Å². The first-order valence-electron chi connectivity index (χ1n) is 8.39. The Hall–Kier alpha value is -1.36. The van der Waals surface area contributed by atoms with Crippen molar-refractivity contribution < 1.29 is 9.32 Å². The van der Waals surface area contributed by atoms with Gasteiger partial charge in [0.1, 0.15) is 0 Å². The molecule has 1 atom stereocenters. The second kappa shape index (κ2) is 7.77. The van der Waals surface area contributed by atoms with Crippen LogP contribution in [0, 0.1) is 11.8 Å². The van der Waals surface area contributed by atoms with E-state index in [1.54, 1.807) is 11.0 Å². The van der Waals surface area contributed by atoms with E-state index in [4.69, 9.17) is 4.52 Å². The van der Waals surface area contributed by atoms with Crippen LogP contribution in [0.5, 0.6) is 0 Å². The second-order valence-corrected chi connectivity index (χ2v) is 7.08. The molecule has 5 heteroatoms. The molecule has 0 spiro atoms. The van der Waals surface area contributed by atoms with Crippen molar-refractivity contribution >= 4 is 5.91 Å². The summed E-state index contributed by atoms with van der Waals surface area (Å²) in [5.41, 5.74) is 0.858. The fourth-order valence-corrected chi connectivity index (χ4v) is 3.13. The number of rotatable bonds is 7. The minimum atomic E-state index is -0.0734. The number of carbonyl (C=O) groups excluding carboxylic acids is 1. The number of likely N-dealkylation sites (tertiary alicyclic amines) is 1. The second-order valence-electron chi connectivity index (χ2n) is 7.08. The fourth-order valence-electron chi connectivity index (χ4n) is 3.13. The molecule has 1 fully saturated rings. The summed E-state index contributed by atoms with van der Waals surface area (Å²) < 4.78 is 5.21. The van der Waals surface area contributed by atoms with E-state index in [9.17, 15) is 4.79 Å². The molecule has 1 aromatic rings. The highest BCUT2D eigenvalue weighted by Gasteiger charge is 2.21. The minimum Gasteiger partial charge on any atom is -0.351 e. The molecule has 0 saturated carbocycles. The van der Waals surface area contributed by atoms with Gasteiger partial charge in [-0.05, 0) is 44.2 Å². The van der Waals surface area contributed by atoms with Gasteiger partial charge in [0, 0.05) is 26.2 Å². The molecular formula is C17H29N3O2. The average molecular weight is 307 g/mol. The van der Waals surface area contributed by atoms with Gasteiger partial charge < -0.3 is 14.3 Å². The number of carbonyl (C=O) groups is 1. The number of hydrogen-bond acceptors (Lipinski definition) is 4. The van der Waals surface area contributed by atoms with E-state index in [1.807, 2.05) is 7.05 Å². The molecule has 1 aromatic heterocycles. The molecule has 0 unspecified atom stereocenters. The molecule has 0 radical (unpaired) electrons. The van der Waals surface area contributed by atoms with Crippen LogP contribution < -0.4 is 0 Å². The predicted molar refractivity (Wildman–Crippen MR) is 86.8 cm³/mol. The van der Waals surface area contributed by atoms with Crippen LogP contribution in [-0.2, 0) is 6.42 Å². The Bertz CT molecular complexity index is 478. The molecule has 5 nitrogen and oxygen atoms in total. The quantitative estimate of drug-likeness (QED) is 0.777. The normalized spacial score (nSPS) is 17.1. The van der Waals surface area contributed by atoms with Crippen molar-refractivity contribution in [1.29, 1.82) is 0 Å².